The number of carbonyl (C=O) groups is 2. The normalized spacial score (nSPS) is 13.5. The molecule has 0 fully saturated rings. The minimum atomic E-state index is -2.03. The summed E-state index contributed by atoms with van der Waals surface area (Å²) >= 11 is 2.88. The maximum atomic E-state index is 13.8. The molecule has 0 aliphatic heterocycles. The van der Waals surface area contributed by atoms with Gasteiger partial charge in [-0.15, -0.1) is 0 Å². The fourth-order valence-corrected chi connectivity index (χ4v) is 2.15. The van der Waals surface area contributed by atoms with Crippen molar-refractivity contribution < 1.29 is 23.5 Å². The summed E-state index contributed by atoms with van der Waals surface area (Å²) in [4.78, 5) is 21.8. The third-order valence-electron chi connectivity index (χ3n) is 3.19. The highest BCUT2D eigenvalue weighted by Crippen LogP contribution is 2.14. The maximum absolute atomic E-state index is 13.8. The van der Waals surface area contributed by atoms with Crippen LogP contribution in [0.5, 0.6) is 0 Å². The summed E-state index contributed by atoms with van der Waals surface area (Å²) in [5, 5.41) is 0. The molecule has 0 aliphatic carbocycles. The van der Waals surface area contributed by atoms with Gasteiger partial charge in [0, 0.05) is 0 Å². The third-order valence-corrected chi connectivity index (χ3v) is 4.03. The minimum Gasteiger partial charge on any atom is -0.465 e. The molecule has 0 spiro atoms. The van der Waals surface area contributed by atoms with E-state index in [0.29, 0.717) is 6.42 Å². The lowest BCUT2D eigenvalue weighted by Gasteiger charge is -2.14. The molecule has 0 aromatic rings. The largest absolute Gasteiger partial charge is 0.465 e. The standard InChI is InChI=1S/C16H28BrFO4/c1-3-5-7-9-11-21-15(19)13(17)14(18)16(20)22-12-10-8-6-4-2/h13-14H,3-12H2,1-2H3. The Morgan fingerprint density at radius 3 is 1.77 bits per heavy atom. The second-order valence-electron chi connectivity index (χ2n) is 5.26. The Labute approximate surface area is 141 Å². The van der Waals surface area contributed by atoms with E-state index in [4.69, 9.17) is 9.47 Å². The Balaban J connectivity index is 3.88. The van der Waals surface area contributed by atoms with Gasteiger partial charge in [-0.25, -0.2) is 9.18 Å². The minimum absolute atomic E-state index is 0.186. The number of hydrogen-bond donors (Lipinski definition) is 0. The Morgan fingerprint density at radius 2 is 1.32 bits per heavy atom. The van der Waals surface area contributed by atoms with Crippen LogP contribution in [0.2, 0.25) is 0 Å². The topological polar surface area (TPSA) is 52.6 Å². The third kappa shape index (κ3) is 10.1. The van der Waals surface area contributed by atoms with Crippen LogP contribution in [-0.2, 0) is 19.1 Å². The van der Waals surface area contributed by atoms with E-state index >= 15 is 0 Å². The molecule has 0 N–H and O–H groups in total. The first-order valence-corrected chi connectivity index (χ1v) is 9.07. The number of unbranched alkanes of at least 4 members (excludes halogenated alkanes) is 6. The van der Waals surface area contributed by atoms with Crippen LogP contribution in [0.15, 0.2) is 0 Å². The zero-order valence-corrected chi connectivity index (χ0v) is 15.2. The fourth-order valence-electron chi connectivity index (χ4n) is 1.80. The molecule has 0 heterocycles. The van der Waals surface area contributed by atoms with E-state index in [1.165, 1.54) is 0 Å². The van der Waals surface area contributed by atoms with Gasteiger partial charge in [-0.05, 0) is 12.8 Å². The summed E-state index contributed by atoms with van der Waals surface area (Å²) in [5.74, 6) is -1.77. The second kappa shape index (κ2) is 14.0. The van der Waals surface area contributed by atoms with E-state index in [-0.39, 0.29) is 13.2 Å². The summed E-state index contributed by atoms with van der Waals surface area (Å²) in [6, 6.07) is 0. The number of hydrogen-bond acceptors (Lipinski definition) is 4. The molecule has 130 valence electrons. The average molecular weight is 383 g/mol. The average Bonchev–Trinajstić information content (AvgIpc) is 2.52. The van der Waals surface area contributed by atoms with Crippen molar-refractivity contribution >= 4 is 27.9 Å². The van der Waals surface area contributed by atoms with E-state index in [1.807, 2.05) is 0 Å². The molecule has 0 bridgehead atoms. The highest BCUT2D eigenvalue weighted by molar-refractivity contribution is 9.10. The SMILES string of the molecule is CCCCCCOC(=O)C(F)C(Br)C(=O)OCCCCCC. The van der Waals surface area contributed by atoms with Gasteiger partial charge in [-0.3, -0.25) is 4.79 Å². The monoisotopic (exact) mass is 382 g/mol. The van der Waals surface area contributed by atoms with E-state index in [9.17, 15) is 14.0 Å². The lowest BCUT2D eigenvalue weighted by molar-refractivity contribution is -0.155. The Kier molecular flexibility index (Phi) is 13.6. The lowest BCUT2D eigenvalue weighted by atomic mass is 10.2. The van der Waals surface area contributed by atoms with Gasteiger partial charge in [0.1, 0.15) is 0 Å². The molecule has 2 unspecified atom stereocenters. The molecule has 4 nitrogen and oxygen atoms in total. The van der Waals surface area contributed by atoms with Crippen molar-refractivity contribution in [3.05, 3.63) is 0 Å². The molecule has 0 aromatic heterocycles. The van der Waals surface area contributed by atoms with Crippen LogP contribution in [0, 0.1) is 0 Å². The van der Waals surface area contributed by atoms with E-state index < -0.39 is 22.9 Å². The Hall–Kier alpha value is -0.650. The van der Waals surface area contributed by atoms with Crippen LogP contribution in [0.25, 0.3) is 0 Å². The summed E-state index contributed by atoms with van der Waals surface area (Å²) < 4.78 is 23.6. The summed E-state index contributed by atoms with van der Waals surface area (Å²) in [6.45, 7) is 4.60. The van der Waals surface area contributed by atoms with Gasteiger partial charge in [-0.1, -0.05) is 68.3 Å². The lowest BCUT2D eigenvalue weighted by Crippen LogP contribution is -2.35. The highest BCUT2D eigenvalue weighted by Gasteiger charge is 2.34. The molecule has 0 aliphatic rings. The van der Waals surface area contributed by atoms with Gasteiger partial charge in [0.2, 0.25) is 6.17 Å². The van der Waals surface area contributed by atoms with Crippen molar-refractivity contribution in [3.8, 4) is 0 Å². The van der Waals surface area contributed by atoms with E-state index in [1.54, 1.807) is 0 Å². The first-order chi connectivity index (χ1) is 10.5. The second-order valence-corrected chi connectivity index (χ2v) is 6.25. The van der Waals surface area contributed by atoms with Crippen molar-refractivity contribution in [2.45, 2.75) is 76.2 Å². The Bertz CT molecular complexity index is 283. The number of rotatable bonds is 13. The van der Waals surface area contributed by atoms with Crippen molar-refractivity contribution in [1.82, 2.24) is 0 Å². The molecular formula is C16H28BrFO4. The molecule has 0 aromatic carbocycles. The molecule has 0 saturated heterocycles. The fraction of sp³-hybridized carbons (Fsp3) is 0.875. The highest BCUT2D eigenvalue weighted by atomic mass is 79.9. The molecule has 0 amide bonds. The molecule has 2 atom stereocenters. The first-order valence-electron chi connectivity index (χ1n) is 8.16. The van der Waals surface area contributed by atoms with E-state index in [2.05, 4.69) is 29.8 Å². The molecule has 22 heavy (non-hydrogen) atoms. The molecule has 6 heteroatoms. The number of ether oxygens (including phenoxy) is 2. The van der Waals surface area contributed by atoms with Gasteiger partial charge < -0.3 is 9.47 Å². The predicted octanol–water partition coefficient (Wildman–Crippen LogP) is 4.34. The van der Waals surface area contributed by atoms with Crippen LogP contribution < -0.4 is 0 Å². The van der Waals surface area contributed by atoms with Crippen LogP contribution in [0.3, 0.4) is 0 Å². The molecule has 0 rings (SSSR count). The quantitative estimate of drug-likeness (QED) is 0.270. The number of carbonyl (C=O) groups excluding carboxylic acids is 2. The van der Waals surface area contributed by atoms with Gasteiger partial charge >= 0.3 is 11.9 Å². The summed E-state index contributed by atoms with van der Waals surface area (Å²) in [6.07, 6.45) is 5.63. The maximum Gasteiger partial charge on any atom is 0.342 e. The van der Waals surface area contributed by atoms with Crippen LogP contribution in [-0.4, -0.2) is 36.2 Å². The van der Waals surface area contributed by atoms with Crippen LogP contribution in [0.4, 0.5) is 4.39 Å². The van der Waals surface area contributed by atoms with Crippen molar-refractivity contribution in [2.75, 3.05) is 13.2 Å². The number of esters is 2. The van der Waals surface area contributed by atoms with Gasteiger partial charge in [0.15, 0.2) is 4.83 Å². The Morgan fingerprint density at radius 1 is 0.864 bits per heavy atom. The van der Waals surface area contributed by atoms with Gasteiger partial charge in [0.05, 0.1) is 13.2 Å². The number of alkyl halides is 2. The zero-order chi connectivity index (χ0) is 16.8. The summed E-state index contributed by atoms with van der Waals surface area (Å²) in [5.41, 5.74) is 0. The summed E-state index contributed by atoms with van der Waals surface area (Å²) in [7, 11) is 0. The smallest absolute Gasteiger partial charge is 0.342 e. The van der Waals surface area contributed by atoms with Crippen LogP contribution in [0.1, 0.15) is 65.2 Å². The predicted molar refractivity (Wildman–Crippen MR) is 87.8 cm³/mol. The molecule has 0 radical (unpaired) electrons. The van der Waals surface area contributed by atoms with Gasteiger partial charge in [0.25, 0.3) is 0 Å². The van der Waals surface area contributed by atoms with Crippen molar-refractivity contribution in [1.29, 1.82) is 0 Å². The van der Waals surface area contributed by atoms with Crippen LogP contribution >= 0.6 is 15.9 Å². The zero-order valence-electron chi connectivity index (χ0n) is 13.6. The van der Waals surface area contributed by atoms with Gasteiger partial charge in [-0.2, -0.15) is 0 Å². The van der Waals surface area contributed by atoms with Crippen molar-refractivity contribution in [2.24, 2.45) is 0 Å². The molecular weight excluding hydrogens is 355 g/mol. The van der Waals surface area contributed by atoms with Crippen molar-refractivity contribution in [3.63, 3.8) is 0 Å². The first kappa shape index (κ1) is 21.4. The molecule has 0 saturated carbocycles. The van der Waals surface area contributed by atoms with E-state index in [0.717, 1.165) is 44.9 Å². The number of halogens is 2.